The molecule has 1 aliphatic rings. The van der Waals surface area contributed by atoms with Gasteiger partial charge in [0.2, 0.25) is 5.91 Å². The topological polar surface area (TPSA) is 64.3 Å². The molecular weight excluding hydrogens is 300 g/mol. The molecule has 1 saturated carbocycles. The van der Waals surface area contributed by atoms with Gasteiger partial charge in [0.15, 0.2) is 0 Å². The van der Waals surface area contributed by atoms with E-state index in [1.807, 2.05) is 31.2 Å². The van der Waals surface area contributed by atoms with E-state index in [1.54, 1.807) is 0 Å². The summed E-state index contributed by atoms with van der Waals surface area (Å²) in [7, 11) is 0. The van der Waals surface area contributed by atoms with Crippen molar-refractivity contribution in [2.75, 3.05) is 18.5 Å². The van der Waals surface area contributed by atoms with Gasteiger partial charge in [0, 0.05) is 18.2 Å². The number of rotatable bonds is 6. The summed E-state index contributed by atoms with van der Waals surface area (Å²) in [5.41, 5.74) is 6.73. The number of carbonyl (C=O) groups is 1. The van der Waals surface area contributed by atoms with E-state index in [4.69, 9.17) is 10.5 Å². The number of anilines is 1. The average molecular weight is 327 g/mol. The molecule has 3 N–H and O–H groups in total. The molecule has 0 atom stereocenters. The summed E-state index contributed by atoms with van der Waals surface area (Å²) in [5, 5.41) is 2.97. The number of halogens is 1. The van der Waals surface area contributed by atoms with E-state index in [2.05, 4.69) is 5.32 Å². The van der Waals surface area contributed by atoms with Crippen LogP contribution in [0.2, 0.25) is 0 Å². The predicted octanol–water partition coefficient (Wildman–Crippen LogP) is 3.74. The number of benzene rings is 1. The summed E-state index contributed by atoms with van der Waals surface area (Å²) in [6.45, 7) is 3.16. The largest absolute Gasteiger partial charge is 0.494 e. The molecule has 5 heteroatoms. The van der Waals surface area contributed by atoms with Crippen molar-refractivity contribution in [2.45, 2.75) is 45.4 Å². The van der Waals surface area contributed by atoms with Gasteiger partial charge in [-0.1, -0.05) is 25.3 Å². The average Bonchev–Trinajstić information content (AvgIpc) is 2.49. The molecule has 2 rings (SSSR count). The molecule has 1 fully saturated rings. The summed E-state index contributed by atoms with van der Waals surface area (Å²) in [4.78, 5) is 12.3. The van der Waals surface area contributed by atoms with Gasteiger partial charge in [-0.2, -0.15) is 0 Å². The quantitative estimate of drug-likeness (QED) is 0.836. The lowest BCUT2D eigenvalue weighted by Gasteiger charge is -2.35. The highest BCUT2D eigenvalue weighted by Crippen LogP contribution is 2.38. The van der Waals surface area contributed by atoms with Crippen LogP contribution in [0.15, 0.2) is 24.3 Å². The zero-order valence-electron chi connectivity index (χ0n) is 13.3. The lowest BCUT2D eigenvalue weighted by Crippen LogP contribution is -2.36. The smallest absolute Gasteiger partial charge is 0.224 e. The second-order valence-corrected chi connectivity index (χ2v) is 5.95. The second kappa shape index (κ2) is 9.01. The van der Waals surface area contributed by atoms with Crippen LogP contribution in [0.5, 0.6) is 5.75 Å². The number of hydrogen-bond donors (Lipinski definition) is 2. The number of hydrogen-bond acceptors (Lipinski definition) is 3. The summed E-state index contributed by atoms with van der Waals surface area (Å²) in [6.07, 6.45) is 6.28. The van der Waals surface area contributed by atoms with E-state index < -0.39 is 0 Å². The Morgan fingerprint density at radius 2 is 2.05 bits per heavy atom. The van der Waals surface area contributed by atoms with E-state index in [9.17, 15) is 4.79 Å². The maximum absolute atomic E-state index is 12.3. The highest BCUT2D eigenvalue weighted by atomic mass is 35.5. The Morgan fingerprint density at radius 1 is 1.32 bits per heavy atom. The Labute approximate surface area is 139 Å². The number of nitrogens with one attached hydrogen (secondary N) is 1. The molecular formula is C17H27ClN2O2. The highest BCUT2D eigenvalue weighted by molar-refractivity contribution is 5.91. The van der Waals surface area contributed by atoms with Crippen LogP contribution in [-0.2, 0) is 4.79 Å². The lowest BCUT2D eigenvalue weighted by atomic mass is 9.71. The van der Waals surface area contributed by atoms with Gasteiger partial charge in [-0.25, -0.2) is 0 Å². The molecule has 0 aliphatic heterocycles. The van der Waals surface area contributed by atoms with Gasteiger partial charge in [0.05, 0.1) is 6.61 Å². The van der Waals surface area contributed by atoms with Crippen molar-refractivity contribution < 1.29 is 9.53 Å². The maximum Gasteiger partial charge on any atom is 0.224 e. The molecule has 0 heterocycles. The van der Waals surface area contributed by atoms with Crippen LogP contribution >= 0.6 is 12.4 Å². The van der Waals surface area contributed by atoms with Crippen molar-refractivity contribution in [3.63, 3.8) is 0 Å². The van der Waals surface area contributed by atoms with Crippen LogP contribution in [0, 0.1) is 5.41 Å². The first kappa shape index (κ1) is 18.8. The standard InChI is InChI=1S/C17H26N2O2.ClH/c1-2-21-15-8-6-7-14(11-15)19-16(20)12-17(13-18)9-4-3-5-10-17;/h6-8,11H,2-5,9-10,12-13,18H2,1H3,(H,19,20);1H. The van der Waals surface area contributed by atoms with E-state index in [-0.39, 0.29) is 23.7 Å². The normalized spacial score (nSPS) is 16.5. The molecule has 0 spiro atoms. The Kier molecular flexibility index (Phi) is 7.69. The van der Waals surface area contributed by atoms with E-state index >= 15 is 0 Å². The molecule has 0 saturated heterocycles. The SMILES string of the molecule is CCOc1cccc(NC(=O)CC2(CN)CCCCC2)c1.Cl. The fourth-order valence-corrected chi connectivity index (χ4v) is 3.13. The van der Waals surface area contributed by atoms with E-state index in [0.717, 1.165) is 24.3 Å². The van der Waals surface area contributed by atoms with Gasteiger partial charge >= 0.3 is 0 Å². The first-order valence-corrected chi connectivity index (χ1v) is 7.90. The highest BCUT2D eigenvalue weighted by Gasteiger charge is 2.32. The minimum atomic E-state index is -0.000137. The van der Waals surface area contributed by atoms with E-state index in [0.29, 0.717) is 19.6 Å². The van der Waals surface area contributed by atoms with Gasteiger partial charge in [0.1, 0.15) is 5.75 Å². The maximum atomic E-state index is 12.3. The number of carbonyl (C=O) groups excluding carboxylic acids is 1. The molecule has 0 bridgehead atoms. The molecule has 0 unspecified atom stereocenters. The Bertz CT molecular complexity index is 473. The monoisotopic (exact) mass is 326 g/mol. The zero-order valence-corrected chi connectivity index (χ0v) is 14.1. The molecule has 124 valence electrons. The molecule has 0 aromatic heterocycles. The molecule has 1 aromatic carbocycles. The van der Waals surface area contributed by atoms with Gasteiger partial charge in [0.25, 0.3) is 0 Å². The van der Waals surface area contributed by atoms with Crippen molar-refractivity contribution in [3.8, 4) is 5.75 Å². The molecule has 1 amide bonds. The Balaban J connectivity index is 0.00000242. The molecule has 0 radical (unpaired) electrons. The van der Waals surface area contributed by atoms with Crippen LogP contribution in [-0.4, -0.2) is 19.1 Å². The zero-order chi connectivity index (χ0) is 15.1. The third-order valence-corrected chi connectivity index (χ3v) is 4.31. The fourth-order valence-electron chi connectivity index (χ4n) is 3.13. The third kappa shape index (κ3) is 5.18. The van der Waals surface area contributed by atoms with Crippen molar-refractivity contribution >= 4 is 24.0 Å². The summed E-state index contributed by atoms with van der Waals surface area (Å²) < 4.78 is 5.45. The van der Waals surface area contributed by atoms with Gasteiger partial charge in [-0.3, -0.25) is 4.79 Å². The third-order valence-electron chi connectivity index (χ3n) is 4.31. The molecule has 1 aliphatic carbocycles. The lowest BCUT2D eigenvalue weighted by molar-refractivity contribution is -0.118. The van der Waals surface area contributed by atoms with Crippen LogP contribution in [0.4, 0.5) is 5.69 Å². The first-order chi connectivity index (χ1) is 10.2. The number of amides is 1. The van der Waals surface area contributed by atoms with Crippen molar-refractivity contribution in [3.05, 3.63) is 24.3 Å². The molecule has 22 heavy (non-hydrogen) atoms. The molecule has 1 aromatic rings. The van der Waals surface area contributed by atoms with Crippen LogP contribution in [0.3, 0.4) is 0 Å². The summed E-state index contributed by atoms with van der Waals surface area (Å²) in [5.74, 6) is 0.831. The summed E-state index contributed by atoms with van der Waals surface area (Å²) in [6, 6.07) is 7.52. The van der Waals surface area contributed by atoms with E-state index in [1.165, 1.54) is 19.3 Å². The predicted molar refractivity (Wildman–Crippen MR) is 92.7 cm³/mol. The Hall–Kier alpha value is -1.26. The van der Waals surface area contributed by atoms with Crippen LogP contribution in [0.25, 0.3) is 0 Å². The fraction of sp³-hybridized carbons (Fsp3) is 0.588. The van der Waals surface area contributed by atoms with Gasteiger partial charge in [-0.05, 0) is 43.9 Å². The van der Waals surface area contributed by atoms with Crippen molar-refractivity contribution in [2.24, 2.45) is 11.1 Å². The number of ether oxygens (including phenoxy) is 1. The minimum absolute atomic E-state index is 0. The van der Waals surface area contributed by atoms with Gasteiger partial charge in [-0.15, -0.1) is 12.4 Å². The van der Waals surface area contributed by atoms with Crippen LogP contribution in [0.1, 0.15) is 45.4 Å². The molecule has 4 nitrogen and oxygen atoms in total. The minimum Gasteiger partial charge on any atom is -0.494 e. The van der Waals surface area contributed by atoms with Crippen molar-refractivity contribution in [1.82, 2.24) is 0 Å². The Morgan fingerprint density at radius 3 is 2.68 bits per heavy atom. The second-order valence-electron chi connectivity index (χ2n) is 5.95. The van der Waals surface area contributed by atoms with Crippen molar-refractivity contribution in [1.29, 1.82) is 0 Å². The summed E-state index contributed by atoms with van der Waals surface area (Å²) >= 11 is 0. The van der Waals surface area contributed by atoms with Gasteiger partial charge < -0.3 is 15.8 Å². The first-order valence-electron chi connectivity index (χ1n) is 7.90. The number of nitrogens with two attached hydrogens (primary N) is 1. The van der Waals surface area contributed by atoms with Crippen LogP contribution < -0.4 is 15.8 Å².